The molecule has 98 valence electrons. The zero-order valence-corrected chi connectivity index (χ0v) is 10.4. The lowest BCUT2D eigenvalue weighted by Gasteiger charge is -2.32. The Balaban J connectivity index is 1.81. The number of hydrogen-bond donors (Lipinski definition) is 2. The molecule has 0 radical (unpaired) electrons. The molecule has 0 aromatic carbocycles. The molecular weight excluding hydrogens is 222 g/mol. The minimum atomic E-state index is -0.430. The van der Waals surface area contributed by atoms with Crippen molar-refractivity contribution in [2.45, 2.75) is 63.6 Å². The van der Waals surface area contributed by atoms with E-state index in [0.717, 1.165) is 12.8 Å². The minimum Gasteiger partial charge on any atom is -0.461 e. The van der Waals surface area contributed by atoms with Crippen LogP contribution in [0.4, 0.5) is 0 Å². The summed E-state index contributed by atoms with van der Waals surface area (Å²) in [7, 11) is 0. The molecule has 0 aliphatic carbocycles. The monoisotopic (exact) mass is 243 g/mol. The summed E-state index contributed by atoms with van der Waals surface area (Å²) in [6, 6.07) is -0.349. The molecule has 2 N–H and O–H groups in total. The predicted octanol–water partition coefficient (Wildman–Crippen LogP) is 0.208. The number of ether oxygens (including phenoxy) is 2. The molecule has 4 atom stereocenters. The molecule has 2 fully saturated rings. The van der Waals surface area contributed by atoms with Gasteiger partial charge in [-0.3, -0.25) is 4.79 Å². The number of rotatable bonds is 2. The van der Waals surface area contributed by atoms with E-state index in [1.807, 2.05) is 13.8 Å². The van der Waals surface area contributed by atoms with Gasteiger partial charge in [-0.2, -0.15) is 0 Å². The number of carbonyl (C=O) groups excluding carboxylic acids is 1. The summed E-state index contributed by atoms with van der Waals surface area (Å²) < 4.78 is 11.1. The van der Waals surface area contributed by atoms with Gasteiger partial charge in [0.1, 0.15) is 12.1 Å². The third-order valence-electron chi connectivity index (χ3n) is 3.33. The number of aliphatic hydroxyl groups excluding tert-OH is 1. The summed E-state index contributed by atoms with van der Waals surface area (Å²) >= 11 is 0. The van der Waals surface area contributed by atoms with Gasteiger partial charge in [0.05, 0.1) is 18.3 Å². The van der Waals surface area contributed by atoms with Crippen LogP contribution in [0.1, 0.15) is 33.1 Å². The van der Waals surface area contributed by atoms with Gasteiger partial charge >= 0.3 is 5.97 Å². The Morgan fingerprint density at radius 2 is 1.94 bits per heavy atom. The second-order valence-corrected chi connectivity index (χ2v) is 5.14. The summed E-state index contributed by atoms with van der Waals surface area (Å²) in [4.78, 5) is 11.8. The molecule has 2 rings (SSSR count). The molecule has 0 saturated carbocycles. The molecule has 2 heterocycles. The molecule has 0 spiro atoms. The van der Waals surface area contributed by atoms with E-state index in [1.54, 1.807) is 0 Å². The zero-order chi connectivity index (χ0) is 12.4. The van der Waals surface area contributed by atoms with Crippen LogP contribution in [0, 0.1) is 0 Å². The van der Waals surface area contributed by atoms with E-state index < -0.39 is 6.10 Å². The van der Waals surface area contributed by atoms with Crippen molar-refractivity contribution < 1.29 is 19.4 Å². The van der Waals surface area contributed by atoms with Gasteiger partial charge in [-0.05, 0) is 13.8 Å². The topological polar surface area (TPSA) is 67.8 Å². The van der Waals surface area contributed by atoms with Gasteiger partial charge in [-0.25, -0.2) is 0 Å². The average molecular weight is 243 g/mol. The first-order valence-corrected chi connectivity index (χ1v) is 6.32. The SMILES string of the molecule is CC1CC(OC(=O)[C@@H]2CC(O)CN2)CC(C)O1. The van der Waals surface area contributed by atoms with Gasteiger partial charge in [0.2, 0.25) is 0 Å². The molecule has 0 bridgehead atoms. The fourth-order valence-corrected chi connectivity index (χ4v) is 2.58. The standard InChI is InChI=1S/C12H21NO4/c1-7-3-10(4-8(2)16-7)17-12(15)11-5-9(14)6-13-11/h7-11,13-14H,3-6H2,1-2H3/t7?,8?,9?,10?,11-/m0/s1. The first-order valence-electron chi connectivity index (χ1n) is 6.32. The van der Waals surface area contributed by atoms with E-state index >= 15 is 0 Å². The van der Waals surface area contributed by atoms with Crippen LogP contribution in [-0.4, -0.2) is 48.1 Å². The van der Waals surface area contributed by atoms with Crippen LogP contribution >= 0.6 is 0 Å². The number of aliphatic hydroxyl groups is 1. The van der Waals surface area contributed by atoms with Crippen molar-refractivity contribution in [3.05, 3.63) is 0 Å². The molecule has 0 aromatic rings. The Morgan fingerprint density at radius 3 is 2.47 bits per heavy atom. The van der Waals surface area contributed by atoms with Gasteiger partial charge in [-0.1, -0.05) is 0 Å². The second kappa shape index (κ2) is 5.33. The van der Waals surface area contributed by atoms with E-state index in [0.29, 0.717) is 13.0 Å². The van der Waals surface area contributed by atoms with Crippen LogP contribution < -0.4 is 5.32 Å². The Kier molecular flexibility index (Phi) is 4.01. The summed E-state index contributed by atoms with van der Waals surface area (Å²) in [6.07, 6.45) is 1.75. The highest BCUT2D eigenvalue weighted by atomic mass is 16.6. The lowest BCUT2D eigenvalue weighted by atomic mass is 10.0. The smallest absolute Gasteiger partial charge is 0.323 e. The van der Waals surface area contributed by atoms with E-state index in [9.17, 15) is 9.90 Å². The second-order valence-electron chi connectivity index (χ2n) is 5.14. The Morgan fingerprint density at radius 1 is 1.29 bits per heavy atom. The number of nitrogens with one attached hydrogen (secondary N) is 1. The van der Waals surface area contributed by atoms with Crippen molar-refractivity contribution >= 4 is 5.97 Å². The molecule has 5 heteroatoms. The quantitative estimate of drug-likeness (QED) is 0.679. The Hall–Kier alpha value is -0.650. The fourth-order valence-electron chi connectivity index (χ4n) is 2.58. The molecule has 0 aromatic heterocycles. The van der Waals surface area contributed by atoms with E-state index in [2.05, 4.69) is 5.32 Å². The number of esters is 1. The van der Waals surface area contributed by atoms with Gasteiger partial charge < -0.3 is 19.9 Å². The van der Waals surface area contributed by atoms with Crippen LogP contribution in [0.3, 0.4) is 0 Å². The van der Waals surface area contributed by atoms with Crippen molar-refractivity contribution in [2.75, 3.05) is 6.54 Å². The van der Waals surface area contributed by atoms with Gasteiger partial charge in [-0.15, -0.1) is 0 Å². The highest BCUT2D eigenvalue weighted by Gasteiger charge is 2.33. The molecule has 0 amide bonds. The Bertz CT molecular complexity index is 274. The number of hydrogen-bond acceptors (Lipinski definition) is 5. The van der Waals surface area contributed by atoms with Gasteiger partial charge in [0.15, 0.2) is 0 Å². The fraction of sp³-hybridized carbons (Fsp3) is 0.917. The van der Waals surface area contributed by atoms with Crippen LogP contribution in [0.25, 0.3) is 0 Å². The first kappa shape index (κ1) is 12.8. The third kappa shape index (κ3) is 3.40. The molecule has 2 aliphatic heterocycles. The molecule has 17 heavy (non-hydrogen) atoms. The van der Waals surface area contributed by atoms with Crippen molar-refractivity contribution in [1.82, 2.24) is 5.32 Å². The third-order valence-corrected chi connectivity index (χ3v) is 3.33. The maximum absolute atomic E-state index is 11.8. The highest BCUT2D eigenvalue weighted by molar-refractivity contribution is 5.76. The van der Waals surface area contributed by atoms with Crippen molar-refractivity contribution in [1.29, 1.82) is 0 Å². The van der Waals surface area contributed by atoms with E-state index in [1.165, 1.54) is 0 Å². The van der Waals surface area contributed by atoms with Crippen molar-refractivity contribution in [3.63, 3.8) is 0 Å². The van der Waals surface area contributed by atoms with Crippen LogP contribution in [0.2, 0.25) is 0 Å². The van der Waals surface area contributed by atoms with Gasteiger partial charge in [0.25, 0.3) is 0 Å². The van der Waals surface area contributed by atoms with Crippen molar-refractivity contribution in [2.24, 2.45) is 0 Å². The Labute approximate surface area is 101 Å². The summed E-state index contributed by atoms with van der Waals surface area (Å²) in [5, 5.41) is 12.3. The molecule has 3 unspecified atom stereocenters. The number of carbonyl (C=O) groups is 1. The highest BCUT2D eigenvalue weighted by Crippen LogP contribution is 2.22. The maximum Gasteiger partial charge on any atom is 0.323 e. The zero-order valence-electron chi connectivity index (χ0n) is 10.4. The summed E-state index contributed by atoms with van der Waals surface area (Å²) in [5.41, 5.74) is 0. The van der Waals surface area contributed by atoms with E-state index in [-0.39, 0.29) is 30.3 Å². The van der Waals surface area contributed by atoms with E-state index in [4.69, 9.17) is 9.47 Å². The minimum absolute atomic E-state index is 0.0548. The normalized spacial score (nSPS) is 42.4. The van der Waals surface area contributed by atoms with Gasteiger partial charge in [0, 0.05) is 25.8 Å². The lowest BCUT2D eigenvalue weighted by Crippen LogP contribution is -2.40. The molecule has 2 aliphatic rings. The largest absolute Gasteiger partial charge is 0.461 e. The molecular formula is C12H21NO4. The molecule has 2 saturated heterocycles. The van der Waals surface area contributed by atoms with Crippen molar-refractivity contribution in [3.8, 4) is 0 Å². The average Bonchev–Trinajstić information content (AvgIpc) is 2.63. The number of β-amino-alcohol motifs (C(OH)–C–C–N with tert-alkyl or cyclic N) is 1. The lowest BCUT2D eigenvalue weighted by molar-refractivity contribution is -0.161. The van der Waals surface area contributed by atoms with Crippen LogP contribution in [0.15, 0.2) is 0 Å². The maximum atomic E-state index is 11.8. The summed E-state index contributed by atoms with van der Waals surface area (Å²) in [6.45, 7) is 4.46. The molecule has 5 nitrogen and oxygen atoms in total. The van der Waals surface area contributed by atoms with Crippen LogP contribution in [0.5, 0.6) is 0 Å². The summed E-state index contributed by atoms with van der Waals surface area (Å²) in [5.74, 6) is -0.243. The first-order chi connectivity index (χ1) is 8.04. The predicted molar refractivity (Wildman–Crippen MR) is 61.5 cm³/mol. The van der Waals surface area contributed by atoms with Crippen LogP contribution in [-0.2, 0) is 14.3 Å².